The average molecular weight is 221 g/mol. The summed E-state index contributed by atoms with van der Waals surface area (Å²) in [5, 5.41) is 0. The number of hydrogen-bond acceptors (Lipinski definition) is 4. The molecule has 2 heterocycles. The van der Waals surface area contributed by atoms with Crippen LogP contribution in [0.1, 0.15) is 18.7 Å². The van der Waals surface area contributed by atoms with E-state index in [0.29, 0.717) is 23.5 Å². The molecule has 0 amide bonds. The Bertz CT molecular complexity index is 660. The first-order valence-corrected chi connectivity index (χ1v) is 5.07. The molecule has 0 aliphatic heterocycles. The van der Waals surface area contributed by atoms with Crippen LogP contribution in [0.25, 0.3) is 11.2 Å². The second-order valence-electron chi connectivity index (χ2n) is 4.20. The van der Waals surface area contributed by atoms with Crippen molar-refractivity contribution in [3.63, 3.8) is 0 Å². The molecule has 0 unspecified atom stereocenters. The van der Waals surface area contributed by atoms with E-state index in [1.807, 2.05) is 0 Å². The Morgan fingerprint density at radius 1 is 1.25 bits per heavy atom. The lowest BCUT2D eigenvalue weighted by Crippen LogP contribution is -2.22. The zero-order chi connectivity index (χ0) is 11.3. The van der Waals surface area contributed by atoms with E-state index in [2.05, 4.69) is 19.9 Å². The van der Waals surface area contributed by atoms with Gasteiger partial charge in [0.15, 0.2) is 5.65 Å². The summed E-state index contributed by atoms with van der Waals surface area (Å²) in [5.74, 6) is 0.692. The van der Waals surface area contributed by atoms with Gasteiger partial charge in [0.05, 0.1) is 0 Å². The molecule has 1 fully saturated rings. The van der Waals surface area contributed by atoms with Gasteiger partial charge in [-0.15, -0.1) is 0 Å². The largest absolute Gasteiger partial charge is 0.336 e. The topological polar surface area (TPSA) is 120 Å². The quantitative estimate of drug-likeness (QED) is 0.516. The number of fused-ring (bicyclic) bond motifs is 1. The monoisotopic (exact) mass is 221 g/mol. The summed E-state index contributed by atoms with van der Waals surface area (Å²) < 4.78 is 0. The van der Waals surface area contributed by atoms with Crippen LogP contribution in [0.3, 0.4) is 0 Å². The third-order valence-electron chi connectivity index (χ3n) is 3.14. The molecule has 3 rings (SSSR count). The van der Waals surface area contributed by atoms with Crippen molar-refractivity contribution in [2.45, 2.75) is 18.3 Å². The SMILES string of the molecule is NCC1(c2nc3[nH]c(=O)[nH]c(=O)c3[nH]2)CC1. The standard InChI is InChI=1S/C9H11N5O2/c10-3-9(1-2-9)7-11-4-5(12-7)13-8(16)14-6(4)15/h1-3,10H2,(H3,11,12,13,14,15,16). The van der Waals surface area contributed by atoms with E-state index >= 15 is 0 Å². The summed E-state index contributed by atoms with van der Waals surface area (Å²) >= 11 is 0. The van der Waals surface area contributed by atoms with Crippen molar-refractivity contribution >= 4 is 11.2 Å². The van der Waals surface area contributed by atoms with Crippen LogP contribution in [0.2, 0.25) is 0 Å². The van der Waals surface area contributed by atoms with Gasteiger partial charge in [-0.25, -0.2) is 9.78 Å². The van der Waals surface area contributed by atoms with Crippen LogP contribution in [0.4, 0.5) is 0 Å². The molecule has 5 N–H and O–H groups in total. The van der Waals surface area contributed by atoms with Gasteiger partial charge in [-0.2, -0.15) is 0 Å². The van der Waals surface area contributed by atoms with E-state index < -0.39 is 11.2 Å². The fourth-order valence-corrected chi connectivity index (χ4v) is 1.87. The van der Waals surface area contributed by atoms with Crippen molar-refractivity contribution in [3.05, 3.63) is 26.7 Å². The lowest BCUT2D eigenvalue weighted by molar-refractivity contribution is 0.661. The molecule has 7 heteroatoms. The maximum absolute atomic E-state index is 11.5. The van der Waals surface area contributed by atoms with Crippen molar-refractivity contribution in [2.75, 3.05) is 6.54 Å². The second kappa shape index (κ2) is 2.82. The maximum Gasteiger partial charge on any atom is 0.327 e. The minimum atomic E-state index is -0.548. The minimum absolute atomic E-state index is 0.123. The van der Waals surface area contributed by atoms with E-state index in [9.17, 15) is 9.59 Å². The Morgan fingerprint density at radius 2 is 2.00 bits per heavy atom. The van der Waals surface area contributed by atoms with Crippen LogP contribution in [-0.2, 0) is 5.41 Å². The minimum Gasteiger partial charge on any atom is -0.336 e. The van der Waals surface area contributed by atoms with Gasteiger partial charge in [-0.1, -0.05) is 0 Å². The van der Waals surface area contributed by atoms with E-state index in [4.69, 9.17) is 5.73 Å². The highest BCUT2D eigenvalue weighted by Gasteiger charge is 2.45. The lowest BCUT2D eigenvalue weighted by Gasteiger charge is -2.06. The highest BCUT2D eigenvalue weighted by Crippen LogP contribution is 2.45. The number of nitrogens with two attached hydrogens (primary N) is 1. The van der Waals surface area contributed by atoms with E-state index in [-0.39, 0.29) is 5.41 Å². The summed E-state index contributed by atoms with van der Waals surface area (Å²) in [6.45, 7) is 0.495. The fraction of sp³-hybridized carbons (Fsp3) is 0.444. The van der Waals surface area contributed by atoms with Crippen molar-refractivity contribution in [1.82, 2.24) is 19.9 Å². The van der Waals surface area contributed by atoms with Crippen molar-refractivity contribution < 1.29 is 0 Å². The zero-order valence-corrected chi connectivity index (χ0v) is 8.46. The fourth-order valence-electron chi connectivity index (χ4n) is 1.87. The van der Waals surface area contributed by atoms with Gasteiger partial charge in [0.25, 0.3) is 5.56 Å². The van der Waals surface area contributed by atoms with Gasteiger partial charge in [-0.3, -0.25) is 14.8 Å². The smallest absolute Gasteiger partial charge is 0.327 e. The first-order chi connectivity index (χ1) is 7.64. The number of nitrogens with one attached hydrogen (secondary N) is 3. The third-order valence-corrected chi connectivity index (χ3v) is 3.14. The average Bonchev–Trinajstić information content (AvgIpc) is 2.93. The highest BCUT2D eigenvalue weighted by atomic mass is 16.2. The number of rotatable bonds is 2. The van der Waals surface area contributed by atoms with Gasteiger partial charge in [-0.05, 0) is 12.8 Å². The Balaban J connectivity index is 2.28. The molecule has 1 aliphatic rings. The predicted molar refractivity (Wildman–Crippen MR) is 57.3 cm³/mol. The Labute approximate surface area is 89.1 Å². The number of aromatic nitrogens is 4. The molecule has 7 nitrogen and oxygen atoms in total. The molecule has 1 aliphatic carbocycles. The summed E-state index contributed by atoms with van der Waals surface area (Å²) in [6, 6.07) is 0. The van der Waals surface area contributed by atoms with Crippen molar-refractivity contribution in [2.24, 2.45) is 5.73 Å². The number of H-pyrrole nitrogens is 3. The third kappa shape index (κ3) is 1.15. The van der Waals surface area contributed by atoms with Crippen LogP contribution in [0.15, 0.2) is 9.59 Å². The summed E-state index contributed by atoms with van der Waals surface area (Å²) in [6.07, 6.45) is 1.93. The first kappa shape index (κ1) is 9.34. The van der Waals surface area contributed by atoms with Gasteiger partial charge in [0.1, 0.15) is 11.3 Å². The molecule has 2 aromatic heterocycles. The molecule has 0 spiro atoms. The van der Waals surface area contributed by atoms with Crippen LogP contribution >= 0.6 is 0 Å². The lowest BCUT2D eigenvalue weighted by atomic mass is 10.1. The van der Waals surface area contributed by atoms with E-state index in [0.717, 1.165) is 12.8 Å². The van der Waals surface area contributed by atoms with E-state index in [1.165, 1.54) is 0 Å². The molecule has 16 heavy (non-hydrogen) atoms. The highest BCUT2D eigenvalue weighted by molar-refractivity contribution is 5.69. The van der Waals surface area contributed by atoms with Gasteiger partial charge >= 0.3 is 5.69 Å². The molecule has 0 bridgehead atoms. The maximum atomic E-state index is 11.5. The number of aromatic amines is 3. The van der Waals surface area contributed by atoms with Crippen molar-refractivity contribution in [1.29, 1.82) is 0 Å². The Hall–Kier alpha value is -1.89. The normalized spacial score (nSPS) is 17.8. The zero-order valence-electron chi connectivity index (χ0n) is 8.46. The molecule has 0 aromatic carbocycles. The number of hydrogen-bond donors (Lipinski definition) is 4. The van der Waals surface area contributed by atoms with Crippen molar-refractivity contribution in [3.8, 4) is 0 Å². The van der Waals surface area contributed by atoms with Crippen LogP contribution in [0.5, 0.6) is 0 Å². The number of nitrogens with zero attached hydrogens (tertiary/aromatic N) is 1. The Morgan fingerprint density at radius 3 is 2.62 bits per heavy atom. The Kier molecular flexibility index (Phi) is 1.65. The van der Waals surface area contributed by atoms with Gasteiger partial charge in [0.2, 0.25) is 0 Å². The summed E-state index contributed by atoms with van der Waals surface area (Å²) in [4.78, 5) is 34.3. The molecule has 2 aromatic rings. The predicted octanol–water partition coefficient (Wildman–Crippen LogP) is -1.07. The van der Waals surface area contributed by atoms with Crippen LogP contribution in [-0.4, -0.2) is 26.5 Å². The van der Waals surface area contributed by atoms with Gasteiger partial charge < -0.3 is 10.7 Å². The molecular formula is C9H11N5O2. The van der Waals surface area contributed by atoms with Gasteiger partial charge in [0, 0.05) is 12.0 Å². The van der Waals surface area contributed by atoms with Crippen LogP contribution in [0, 0.1) is 0 Å². The molecule has 84 valence electrons. The molecular weight excluding hydrogens is 210 g/mol. The number of imidazole rings is 1. The molecule has 0 atom stereocenters. The molecule has 0 saturated heterocycles. The molecule has 0 radical (unpaired) electrons. The van der Waals surface area contributed by atoms with Crippen LogP contribution < -0.4 is 17.0 Å². The summed E-state index contributed by atoms with van der Waals surface area (Å²) in [7, 11) is 0. The van der Waals surface area contributed by atoms with E-state index in [1.54, 1.807) is 0 Å². The molecule has 1 saturated carbocycles. The first-order valence-electron chi connectivity index (χ1n) is 5.07. The second-order valence-corrected chi connectivity index (χ2v) is 4.20. The summed E-state index contributed by atoms with van der Waals surface area (Å²) in [5.41, 5.74) is 5.14.